The van der Waals surface area contributed by atoms with Gasteiger partial charge in [-0.3, -0.25) is 4.90 Å². The molecule has 0 fully saturated rings. The van der Waals surface area contributed by atoms with Gasteiger partial charge >= 0.3 is 0 Å². The van der Waals surface area contributed by atoms with Crippen LogP contribution in [0, 0.1) is 6.92 Å². The maximum Gasteiger partial charge on any atom is 0.108 e. The molecule has 0 amide bonds. The zero-order valence-electron chi connectivity index (χ0n) is 16.3. The predicted molar refractivity (Wildman–Crippen MR) is 112 cm³/mol. The standard InChI is InChI=1S/C25H27NO2/c1-19-12-13-22-15-26(16-23(22)14-19)17-24(27)18-28-25(20-8-4-2-5-9-20)21-10-6-3-7-11-21/h2-14,24-25,27H,15-18H2,1H3. The molecule has 4 rings (SSSR count). The average molecular weight is 373 g/mol. The van der Waals surface area contributed by atoms with Crippen LogP contribution in [0.3, 0.4) is 0 Å². The first-order chi connectivity index (χ1) is 13.7. The summed E-state index contributed by atoms with van der Waals surface area (Å²) in [7, 11) is 0. The van der Waals surface area contributed by atoms with Gasteiger partial charge in [0.25, 0.3) is 0 Å². The summed E-state index contributed by atoms with van der Waals surface area (Å²) in [6, 6.07) is 27.0. The minimum atomic E-state index is -0.523. The molecule has 144 valence electrons. The second kappa shape index (κ2) is 8.70. The zero-order chi connectivity index (χ0) is 19.3. The smallest absolute Gasteiger partial charge is 0.108 e. The van der Waals surface area contributed by atoms with Crippen LogP contribution in [0.2, 0.25) is 0 Å². The fourth-order valence-corrected chi connectivity index (χ4v) is 3.92. The van der Waals surface area contributed by atoms with Gasteiger partial charge in [-0.15, -0.1) is 0 Å². The van der Waals surface area contributed by atoms with Crippen LogP contribution in [0.15, 0.2) is 78.9 Å². The first kappa shape index (κ1) is 18.9. The Kier molecular flexibility index (Phi) is 5.87. The number of fused-ring (bicyclic) bond motifs is 1. The maximum atomic E-state index is 10.6. The fourth-order valence-electron chi connectivity index (χ4n) is 3.92. The van der Waals surface area contributed by atoms with Gasteiger partial charge in [0.15, 0.2) is 0 Å². The summed E-state index contributed by atoms with van der Waals surface area (Å²) in [6.07, 6.45) is -0.694. The molecule has 0 aromatic heterocycles. The molecule has 1 unspecified atom stereocenters. The third-order valence-electron chi connectivity index (χ3n) is 5.28. The van der Waals surface area contributed by atoms with Crippen molar-refractivity contribution in [2.24, 2.45) is 0 Å². The summed E-state index contributed by atoms with van der Waals surface area (Å²) < 4.78 is 6.21. The molecule has 1 N–H and O–H groups in total. The monoisotopic (exact) mass is 373 g/mol. The topological polar surface area (TPSA) is 32.7 Å². The Hall–Kier alpha value is -2.46. The summed E-state index contributed by atoms with van der Waals surface area (Å²) in [6.45, 7) is 4.84. The third kappa shape index (κ3) is 4.50. The Labute approximate surface area is 167 Å². The molecule has 1 atom stereocenters. The van der Waals surface area contributed by atoms with E-state index in [-0.39, 0.29) is 6.10 Å². The quantitative estimate of drug-likeness (QED) is 0.663. The van der Waals surface area contributed by atoms with E-state index in [9.17, 15) is 5.11 Å². The van der Waals surface area contributed by atoms with Crippen LogP contribution in [0.4, 0.5) is 0 Å². The Bertz CT molecular complexity index is 855. The Morgan fingerprint density at radius 1 is 0.857 bits per heavy atom. The molecule has 0 aliphatic carbocycles. The molecule has 1 heterocycles. The minimum Gasteiger partial charge on any atom is -0.389 e. The fraction of sp³-hybridized carbons (Fsp3) is 0.280. The average Bonchev–Trinajstić information content (AvgIpc) is 3.11. The number of aliphatic hydroxyl groups is 1. The van der Waals surface area contributed by atoms with E-state index in [1.165, 1.54) is 16.7 Å². The lowest BCUT2D eigenvalue weighted by atomic mass is 10.0. The van der Waals surface area contributed by atoms with Crippen molar-refractivity contribution in [3.05, 3.63) is 107 Å². The lowest BCUT2D eigenvalue weighted by Gasteiger charge is -2.23. The van der Waals surface area contributed by atoms with E-state index in [0.717, 1.165) is 24.2 Å². The summed E-state index contributed by atoms with van der Waals surface area (Å²) >= 11 is 0. The highest BCUT2D eigenvalue weighted by Crippen LogP contribution is 2.27. The molecule has 3 heteroatoms. The predicted octanol–water partition coefficient (Wildman–Crippen LogP) is 4.48. The first-order valence-electron chi connectivity index (χ1n) is 9.89. The van der Waals surface area contributed by atoms with E-state index in [0.29, 0.717) is 13.2 Å². The minimum absolute atomic E-state index is 0.171. The highest BCUT2D eigenvalue weighted by molar-refractivity contribution is 5.34. The second-order valence-electron chi connectivity index (χ2n) is 7.63. The van der Waals surface area contributed by atoms with Crippen molar-refractivity contribution < 1.29 is 9.84 Å². The van der Waals surface area contributed by atoms with Crippen LogP contribution in [0.1, 0.15) is 33.9 Å². The molecule has 3 aromatic rings. The van der Waals surface area contributed by atoms with Crippen molar-refractivity contribution in [3.63, 3.8) is 0 Å². The van der Waals surface area contributed by atoms with Crippen molar-refractivity contribution in [2.45, 2.75) is 32.2 Å². The van der Waals surface area contributed by atoms with E-state index >= 15 is 0 Å². The van der Waals surface area contributed by atoms with Gasteiger partial charge in [-0.05, 0) is 29.2 Å². The number of benzene rings is 3. The third-order valence-corrected chi connectivity index (χ3v) is 5.28. The molecule has 3 nitrogen and oxygen atoms in total. The lowest BCUT2D eigenvalue weighted by Crippen LogP contribution is -2.32. The normalized spacial score (nSPS) is 15.0. The Morgan fingerprint density at radius 2 is 1.46 bits per heavy atom. The molecule has 0 bridgehead atoms. The van der Waals surface area contributed by atoms with E-state index in [1.54, 1.807) is 0 Å². The molecule has 0 radical (unpaired) electrons. The van der Waals surface area contributed by atoms with Crippen LogP contribution in [-0.2, 0) is 17.8 Å². The van der Waals surface area contributed by atoms with Crippen molar-refractivity contribution in [1.29, 1.82) is 0 Å². The molecular weight excluding hydrogens is 346 g/mol. The maximum absolute atomic E-state index is 10.6. The number of rotatable bonds is 7. The summed E-state index contributed by atoms with van der Waals surface area (Å²) in [5.74, 6) is 0. The van der Waals surface area contributed by atoms with Crippen LogP contribution in [-0.4, -0.2) is 29.3 Å². The van der Waals surface area contributed by atoms with Gasteiger partial charge in [-0.2, -0.15) is 0 Å². The first-order valence-corrected chi connectivity index (χ1v) is 9.89. The molecule has 0 saturated heterocycles. The van der Waals surface area contributed by atoms with E-state index in [4.69, 9.17) is 4.74 Å². The summed E-state index contributed by atoms with van der Waals surface area (Å²) in [5, 5.41) is 10.6. The summed E-state index contributed by atoms with van der Waals surface area (Å²) in [5.41, 5.74) is 6.23. The van der Waals surface area contributed by atoms with Gasteiger partial charge in [-0.25, -0.2) is 0 Å². The Morgan fingerprint density at radius 3 is 2.11 bits per heavy atom. The van der Waals surface area contributed by atoms with Gasteiger partial charge in [0.2, 0.25) is 0 Å². The lowest BCUT2D eigenvalue weighted by molar-refractivity contribution is -0.00897. The number of ether oxygens (including phenoxy) is 1. The van der Waals surface area contributed by atoms with Crippen LogP contribution in [0.25, 0.3) is 0 Å². The highest BCUT2D eigenvalue weighted by Gasteiger charge is 2.22. The van der Waals surface area contributed by atoms with Gasteiger partial charge in [0.1, 0.15) is 6.10 Å². The molecule has 1 aliphatic rings. The molecule has 28 heavy (non-hydrogen) atoms. The SMILES string of the molecule is Cc1ccc2c(c1)CN(CC(O)COC(c1ccccc1)c1ccccc1)C2. The van der Waals surface area contributed by atoms with Crippen molar-refractivity contribution in [3.8, 4) is 0 Å². The van der Waals surface area contributed by atoms with Crippen molar-refractivity contribution in [1.82, 2.24) is 4.90 Å². The number of aliphatic hydroxyl groups excluding tert-OH is 1. The van der Waals surface area contributed by atoms with E-state index < -0.39 is 6.10 Å². The number of nitrogens with zero attached hydrogens (tertiary/aromatic N) is 1. The van der Waals surface area contributed by atoms with Crippen molar-refractivity contribution >= 4 is 0 Å². The van der Waals surface area contributed by atoms with Crippen LogP contribution >= 0.6 is 0 Å². The molecule has 1 aliphatic heterocycles. The van der Waals surface area contributed by atoms with Gasteiger partial charge in [0, 0.05) is 19.6 Å². The van der Waals surface area contributed by atoms with E-state index in [2.05, 4.69) is 54.3 Å². The summed E-state index contributed by atoms with van der Waals surface area (Å²) in [4.78, 5) is 2.29. The number of aryl methyl sites for hydroxylation is 1. The second-order valence-corrected chi connectivity index (χ2v) is 7.63. The number of hydrogen-bond acceptors (Lipinski definition) is 3. The molecule has 0 saturated carbocycles. The van der Waals surface area contributed by atoms with E-state index in [1.807, 2.05) is 36.4 Å². The molecular formula is C25H27NO2. The Balaban J connectivity index is 1.38. The van der Waals surface area contributed by atoms with Crippen molar-refractivity contribution in [2.75, 3.05) is 13.2 Å². The number of β-amino-alcohol motifs (C(OH)–C–C–N with tert-alkyl or cyclic N) is 1. The van der Waals surface area contributed by atoms with Gasteiger partial charge in [-0.1, -0.05) is 84.4 Å². The largest absolute Gasteiger partial charge is 0.389 e. The van der Waals surface area contributed by atoms with Crippen LogP contribution < -0.4 is 0 Å². The van der Waals surface area contributed by atoms with Gasteiger partial charge in [0.05, 0.1) is 12.7 Å². The van der Waals surface area contributed by atoms with Crippen LogP contribution in [0.5, 0.6) is 0 Å². The highest BCUT2D eigenvalue weighted by atomic mass is 16.5. The van der Waals surface area contributed by atoms with Gasteiger partial charge < -0.3 is 9.84 Å². The zero-order valence-corrected chi connectivity index (χ0v) is 16.3. The molecule has 0 spiro atoms. The number of hydrogen-bond donors (Lipinski definition) is 1. The molecule has 3 aromatic carbocycles.